The minimum absolute atomic E-state index is 0.00637. The van der Waals surface area contributed by atoms with Crippen LogP contribution in [0.25, 0.3) is 0 Å². The number of carbonyl (C=O) groups excluding carboxylic acids is 1. The number of carbonyl (C=O) groups is 1. The topological polar surface area (TPSA) is 60.2 Å². The zero-order chi connectivity index (χ0) is 10.9. The lowest BCUT2D eigenvalue weighted by molar-refractivity contribution is -0.385. The van der Waals surface area contributed by atoms with E-state index in [9.17, 15) is 14.9 Å². The summed E-state index contributed by atoms with van der Waals surface area (Å²) in [6.45, 7) is 1.33. The number of nitro groups is 1. The molecule has 0 aliphatic rings. The van der Waals surface area contributed by atoms with Gasteiger partial charge in [0, 0.05) is 5.56 Å². The van der Waals surface area contributed by atoms with Crippen LogP contribution in [-0.4, -0.2) is 10.7 Å². The summed E-state index contributed by atoms with van der Waals surface area (Å²) in [6, 6.07) is 2.78. The van der Waals surface area contributed by atoms with Crippen molar-refractivity contribution in [3.05, 3.63) is 37.3 Å². The second-order valence-electron chi connectivity index (χ2n) is 2.57. The van der Waals surface area contributed by atoms with Crippen molar-refractivity contribution in [1.29, 1.82) is 0 Å². The molecule has 0 spiro atoms. The van der Waals surface area contributed by atoms with E-state index in [-0.39, 0.29) is 26.5 Å². The van der Waals surface area contributed by atoms with Crippen LogP contribution in [0.5, 0.6) is 0 Å². The Balaban J connectivity index is 3.49. The van der Waals surface area contributed by atoms with Crippen molar-refractivity contribution >= 4 is 39.0 Å². The Bertz CT molecular complexity index is 419. The summed E-state index contributed by atoms with van der Waals surface area (Å²) in [5.41, 5.74) is -0.0273. The molecule has 6 heteroatoms. The minimum atomic E-state index is -0.626. The summed E-state index contributed by atoms with van der Waals surface area (Å²) in [6.07, 6.45) is 0. The third kappa shape index (κ3) is 1.93. The van der Waals surface area contributed by atoms with Gasteiger partial charge in [0.15, 0.2) is 5.78 Å². The predicted molar refractivity (Wildman–Crippen MR) is 55.8 cm³/mol. The van der Waals surface area contributed by atoms with Crippen LogP contribution in [-0.2, 0) is 0 Å². The number of hydrogen-bond acceptors (Lipinski definition) is 3. The van der Waals surface area contributed by atoms with Crippen LogP contribution in [0.15, 0.2) is 16.6 Å². The molecule has 0 atom stereocenters. The van der Waals surface area contributed by atoms with Crippen LogP contribution >= 0.6 is 27.5 Å². The van der Waals surface area contributed by atoms with Crippen LogP contribution in [0.4, 0.5) is 5.69 Å². The van der Waals surface area contributed by atoms with Crippen molar-refractivity contribution in [3.8, 4) is 0 Å². The van der Waals surface area contributed by atoms with Crippen LogP contribution in [0.1, 0.15) is 17.3 Å². The summed E-state index contributed by atoms with van der Waals surface area (Å²) < 4.78 is 0.127. The molecular formula is C8H5BrClNO3. The number of ketones is 1. The lowest BCUT2D eigenvalue weighted by Crippen LogP contribution is -1.98. The molecule has 0 radical (unpaired) electrons. The number of nitrogens with zero attached hydrogens (tertiary/aromatic N) is 1. The molecule has 0 N–H and O–H groups in total. The molecule has 0 bridgehead atoms. The van der Waals surface area contributed by atoms with E-state index in [0.717, 1.165) is 0 Å². The predicted octanol–water partition coefficient (Wildman–Crippen LogP) is 3.21. The number of hydrogen-bond donors (Lipinski definition) is 0. The smallest absolute Gasteiger partial charge is 0.294 e. The third-order valence-electron chi connectivity index (χ3n) is 1.63. The zero-order valence-electron chi connectivity index (χ0n) is 7.08. The number of Topliss-reactive ketones (excluding diaryl/α,β-unsaturated/α-hetero) is 1. The van der Waals surface area contributed by atoms with E-state index in [0.29, 0.717) is 0 Å². The fourth-order valence-electron chi connectivity index (χ4n) is 0.980. The summed E-state index contributed by atoms with van der Waals surface area (Å²) in [5, 5.41) is 10.6. The van der Waals surface area contributed by atoms with Gasteiger partial charge in [-0.05, 0) is 35.0 Å². The second kappa shape index (κ2) is 4.06. The number of benzene rings is 1. The molecule has 0 aromatic heterocycles. The van der Waals surface area contributed by atoms with Gasteiger partial charge in [0.05, 0.1) is 4.92 Å². The van der Waals surface area contributed by atoms with E-state index in [1.165, 1.54) is 19.1 Å². The fraction of sp³-hybridized carbons (Fsp3) is 0.125. The summed E-state index contributed by atoms with van der Waals surface area (Å²) in [4.78, 5) is 21.0. The molecule has 0 amide bonds. The van der Waals surface area contributed by atoms with Gasteiger partial charge in [-0.3, -0.25) is 14.9 Å². The first-order valence-electron chi connectivity index (χ1n) is 3.58. The molecule has 1 rings (SSSR count). The van der Waals surface area contributed by atoms with Crippen LogP contribution in [0, 0.1) is 10.1 Å². The molecule has 0 aliphatic carbocycles. The zero-order valence-corrected chi connectivity index (χ0v) is 9.42. The SMILES string of the molecule is CC(=O)c1ccc(Cl)c([N+](=O)[O-])c1Br. The second-order valence-corrected chi connectivity index (χ2v) is 3.77. The summed E-state index contributed by atoms with van der Waals surface area (Å²) >= 11 is 8.60. The van der Waals surface area contributed by atoms with Gasteiger partial charge in [0.2, 0.25) is 0 Å². The van der Waals surface area contributed by atoms with Crippen molar-refractivity contribution in [1.82, 2.24) is 0 Å². The Hall–Kier alpha value is -0.940. The van der Waals surface area contributed by atoms with Gasteiger partial charge in [0.25, 0.3) is 0 Å². The molecule has 14 heavy (non-hydrogen) atoms. The highest BCUT2D eigenvalue weighted by molar-refractivity contribution is 9.10. The largest absolute Gasteiger partial charge is 0.302 e. The Morgan fingerprint density at radius 3 is 2.57 bits per heavy atom. The molecule has 0 saturated carbocycles. The third-order valence-corrected chi connectivity index (χ3v) is 2.74. The number of halogens is 2. The number of nitro benzene ring substituents is 1. The van der Waals surface area contributed by atoms with Gasteiger partial charge in [-0.15, -0.1) is 0 Å². The highest BCUT2D eigenvalue weighted by atomic mass is 79.9. The van der Waals surface area contributed by atoms with E-state index in [1.807, 2.05) is 0 Å². The molecule has 0 aliphatic heterocycles. The Labute approximate surface area is 93.1 Å². The Morgan fingerprint density at radius 1 is 1.57 bits per heavy atom. The first-order chi connectivity index (χ1) is 6.45. The summed E-state index contributed by atoms with van der Waals surface area (Å²) in [5.74, 6) is -0.253. The van der Waals surface area contributed by atoms with E-state index >= 15 is 0 Å². The van der Waals surface area contributed by atoms with E-state index in [2.05, 4.69) is 15.9 Å². The molecule has 0 fully saturated rings. The minimum Gasteiger partial charge on any atom is -0.294 e. The van der Waals surface area contributed by atoms with Crippen molar-refractivity contribution in [3.63, 3.8) is 0 Å². The maximum Gasteiger partial charge on any atom is 0.302 e. The molecule has 0 heterocycles. The van der Waals surface area contributed by atoms with Gasteiger partial charge >= 0.3 is 5.69 Å². The van der Waals surface area contributed by atoms with Gasteiger partial charge in [-0.25, -0.2) is 0 Å². The van der Waals surface area contributed by atoms with Gasteiger partial charge in [-0.1, -0.05) is 11.6 Å². The average molecular weight is 278 g/mol. The molecule has 1 aromatic carbocycles. The van der Waals surface area contributed by atoms with Crippen molar-refractivity contribution in [2.24, 2.45) is 0 Å². The maximum absolute atomic E-state index is 11.1. The number of rotatable bonds is 2. The van der Waals surface area contributed by atoms with E-state index in [4.69, 9.17) is 11.6 Å². The van der Waals surface area contributed by atoms with Gasteiger partial charge in [0.1, 0.15) is 9.50 Å². The van der Waals surface area contributed by atoms with Crippen molar-refractivity contribution in [2.45, 2.75) is 6.92 Å². The quantitative estimate of drug-likeness (QED) is 0.474. The van der Waals surface area contributed by atoms with E-state index in [1.54, 1.807) is 0 Å². The van der Waals surface area contributed by atoms with Crippen molar-refractivity contribution < 1.29 is 9.72 Å². The monoisotopic (exact) mass is 277 g/mol. The molecule has 0 unspecified atom stereocenters. The molecule has 0 saturated heterocycles. The Morgan fingerprint density at radius 2 is 2.14 bits per heavy atom. The highest BCUT2D eigenvalue weighted by Crippen LogP contribution is 2.35. The van der Waals surface area contributed by atoms with Crippen LogP contribution in [0.2, 0.25) is 5.02 Å². The van der Waals surface area contributed by atoms with E-state index < -0.39 is 4.92 Å². The molecule has 1 aromatic rings. The highest BCUT2D eigenvalue weighted by Gasteiger charge is 2.21. The molecular weight excluding hydrogens is 273 g/mol. The van der Waals surface area contributed by atoms with Crippen molar-refractivity contribution in [2.75, 3.05) is 0 Å². The van der Waals surface area contributed by atoms with Gasteiger partial charge in [-0.2, -0.15) is 0 Å². The normalized spacial score (nSPS) is 9.93. The van der Waals surface area contributed by atoms with Crippen LogP contribution in [0.3, 0.4) is 0 Å². The average Bonchev–Trinajstić information content (AvgIpc) is 2.02. The fourth-order valence-corrected chi connectivity index (χ4v) is 2.09. The first-order valence-corrected chi connectivity index (χ1v) is 4.75. The first kappa shape index (κ1) is 11.1. The lowest BCUT2D eigenvalue weighted by atomic mass is 10.1. The van der Waals surface area contributed by atoms with Crippen LogP contribution < -0.4 is 0 Å². The lowest BCUT2D eigenvalue weighted by Gasteiger charge is -2.02. The standard InChI is InChI=1S/C8H5BrClNO3/c1-4(12)5-2-3-6(10)8(7(5)9)11(13)14/h2-3H,1H3. The molecule has 74 valence electrons. The summed E-state index contributed by atoms with van der Waals surface area (Å²) in [7, 11) is 0. The van der Waals surface area contributed by atoms with Gasteiger partial charge < -0.3 is 0 Å². The maximum atomic E-state index is 11.1. The Kier molecular flexibility index (Phi) is 3.23. The molecule has 4 nitrogen and oxygen atoms in total.